The summed E-state index contributed by atoms with van der Waals surface area (Å²) in [5.74, 6) is -0.199. The molecule has 0 saturated heterocycles. The van der Waals surface area contributed by atoms with Crippen LogP contribution in [0.3, 0.4) is 0 Å². The van der Waals surface area contributed by atoms with Gasteiger partial charge in [0.05, 0.1) is 21.3 Å². The van der Waals surface area contributed by atoms with Crippen molar-refractivity contribution in [1.82, 2.24) is 4.98 Å². The van der Waals surface area contributed by atoms with Gasteiger partial charge in [0.2, 0.25) is 5.91 Å². The summed E-state index contributed by atoms with van der Waals surface area (Å²) in [5, 5.41) is 3.81. The van der Waals surface area contributed by atoms with Crippen LogP contribution in [0.2, 0.25) is 0 Å². The zero-order chi connectivity index (χ0) is 13.1. The largest absolute Gasteiger partial charge is 0.325 e. The first-order valence-corrected chi connectivity index (χ1v) is 6.46. The molecule has 0 spiro atoms. The number of fused-ring (bicyclic) bond motifs is 1. The molecule has 1 aromatic carbocycles. The summed E-state index contributed by atoms with van der Waals surface area (Å²) in [4.78, 5) is 16.1. The number of aryl methyl sites for hydroxylation is 1. The van der Waals surface area contributed by atoms with Gasteiger partial charge in [0.1, 0.15) is 0 Å². The Hall–Kier alpha value is -1.72. The van der Waals surface area contributed by atoms with E-state index in [1.54, 1.807) is 17.4 Å². The number of nitrogens with two attached hydrogens (primary N) is 1. The number of carbonyl (C=O) groups is 1. The molecule has 0 bridgehead atoms. The molecule has 1 amide bonds. The molecular weight excluding hydrogens is 246 g/mol. The average Bonchev–Trinajstić information content (AvgIpc) is 2.68. The molecule has 2 aromatic rings. The summed E-state index contributed by atoms with van der Waals surface area (Å²) < 4.78 is 1.06. The Morgan fingerprint density at radius 2 is 2.44 bits per heavy atom. The number of hydrogen-bond acceptors (Lipinski definition) is 4. The zero-order valence-electron chi connectivity index (χ0n) is 10.1. The lowest BCUT2D eigenvalue weighted by Gasteiger charge is -2.10. The first kappa shape index (κ1) is 12.7. The monoisotopic (exact) mass is 261 g/mol. The Kier molecular flexibility index (Phi) is 3.74. The van der Waals surface area contributed by atoms with Gasteiger partial charge in [-0.2, -0.15) is 0 Å². The number of hydrogen-bond donors (Lipinski definition) is 2. The van der Waals surface area contributed by atoms with E-state index in [0.717, 1.165) is 20.9 Å². The lowest BCUT2D eigenvalue weighted by molar-refractivity contribution is -0.117. The SMILES string of the molecule is C=CCC(N)C(=O)Nc1ccc2nc(C)sc2c1. The van der Waals surface area contributed by atoms with Crippen LogP contribution >= 0.6 is 11.3 Å². The van der Waals surface area contributed by atoms with Crippen molar-refractivity contribution in [3.8, 4) is 0 Å². The molecule has 0 fully saturated rings. The van der Waals surface area contributed by atoms with E-state index in [2.05, 4.69) is 16.9 Å². The van der Waals surface area contributed by atoms with Crippen molar-refractivity contribution in [2.75, 3.05) is 5.32 Å². The third-order valence-corrected chi connectivity index (χ3v) is 3.45. The minimum Gasteiger partial charge on any atom is -0.325 e. The van der Waals surface area contributed by atoms with E-state index in [1.807, 2.05) is 25.1 Å². The Morgan fingerprint density at radius 3 is 3.17 bits per heavy atom. The number of nitrogens with one attached hydrogen (secondary N) is 1. The van der Waals surface area contributed by atoms with Gasteiger partial charge >= 0.3 is 0 Å². The van der Waals surface area contributed by atoms with E-state index in [-0.39, 0.29) is 5.91 Å². The first-order valence-electron chi connectivity index (χ1n) is 5.64. The highest BCUT2D eigenvalue weighted by Gasteiger charge is 2.12. The molecule has 94 valence electrons. The van der Waals surface area contributed by atoms with Crippen LogP contribution in [0.4, 0.5) is 5.69 Å². The minimum atomic E-state index is -0.554. The van der Waals surface area contributed by atoms with Crippen LogP contribution in [0.5, 0.6) is 0 Å². The highest BCUT2D eigenvalue weighted by Crippen LogP contribution is 2.24. The maximum Gasteiger partial charge on any atom is 0.241 e. The molecule has 1 unspecified atom stereocenters. The molecule has 3 N–H and O–H groups in total. The van der Waals surface area contributed by atoms with Crippen molar-refractivity contribution in [3.05, 3.63) is 35.9 Å². The molecule has 1 atom stereocenters. The number of aromatic nitrogens is 1. The molecular formula is C13H15N3OS. The topological polar surface area (TPSA) is 68.0 Å². The molecule has 0 radical (unpaired) electrons. The summed E-state index contributed by atoms with van der Waals surface area (Å²) in [7, 11) is 0. The van der Waals surface area contributed by atoms with E-state index < -0.39 is 6.04 Å². The van der Waals surface area contributed by atoms with Gasteiger partial charge in [0, 0.05) is 5.69 Å². The number of anilines is 1. The second-order valence-electron chi connectivity index (χ2n) is 4.04. The fourth-order valence-corrected chi connectivity index (χ4v) is 2.51. The second-order valence-corrected chi connectivity index (χ2v) is 5.27. The first-order chi connectivity index (χ1) is 8.60. The molecule has 0 saturated carbocycles. The average molecular weight is 261 g/mol. The van der Waals surface area contributed by atoms with E-state index in [0.29, 0.717) is 6.42 Å². The smallest absolute Gasteiger partial charge is 0.241 e. The van der Waals surface area contributed by atoms with E-state index in [9.17, 15) is 4.79 Å². The molecule has 1 heterocycles. The number of nitrogens with zero attached hydrogens (tertiary/aromatic N) is 1. The van der Waals surface area contributed by atoms with E-state index >= 15 is 0 Å². The third kappa shape index (κ3) is 2.75. The van der Waals surface area contributed by atoms with Crippen LogP contribution in [0.1, 0.15) is 11.4 Å². The fraction of sp³-hybridized carbons (Fsp3) is 0.231. The van der Waals surface area contributed by atoms with Gasteiger partial charge in [-0.3, -0.25) is 4.79 Å². The molecule has 1 aromatic heterocycles. The molecule has 0 aliphatic carbocycles. The molecule has 0 aliphatic rings. The van der Waals surface area contributed by atoms with Crippen LogP contribution in [-0.4, -0.2) is 16.9 Å². The Balaban J connectivity index is 2.16. The second kappa shape index (κ2) is 5.29. The van der Waals surface area contributed by atoms with Crippen molar-refractivity contribution >= 4 is 33.1 Å². The van der Waals surface area contributed by atoms with Gasteiger partial charge < -0.3 is 11.1 Å². The fourth-order valence-electron chi connectivity index (χ4n) is 1.64. The van der Waals surface area contributed by atoms with Crippen molar-refractivity contribution in [3.63, 3.8) is 0 Å². The maximum absolute atomic E-state index is 11.7. The van der Waals surface area contributed by atoms with Crippen LogP contribution < -0.4 is 11.1 Å². The van der Waals surface area contributed by atoms with E-state index in [1.165, 1.54) is 0 Å². The molecule has 18 heavy (non-hydrogen) atoms. The van der Waals surface area contributed by atoms with Gasteiger partial charge in [-0.15, -0.1) is 17.9 Å². The number of carbonyl (C=O) groups excluding carboxylic acids is 1. The Bertz CT molecular complexity index is 591. The highest BCUT2D eigenvalue weighted by atomic mass is 32.1. The number of rotatable bonds is 4. The van der Waals surface area contributed by atoms with Crippen molar-refractivity contribution in [2.24, 2.45) is 5.73 Å². The standard InChI is InChI=1S/C13H15N3OS/c1-3-4-10(14)13(17)16-9-5-6-11-12(7-9)18-8(2)15-11/h3,5-7,10H,1,4,14H2,2H3,(H,16,17). The minimum absolute atomic E-state index is 0.199. The van der Waals surface area contributed by atoms with Gasteiger partial charge in [0.15, 0.2) is 0 Å². The van der Waals surface area contributed by atoms with Crippen LogP contribution in [0, 0.1) is 6.92 Å². The Labute approximate surface area is 110 Å². The molecule has 5 heteroatoms. The summed E-state index contributed by atoms with van der Waals surface area (Å²) in [6.45, 7) is 5.53. The maximum atomic E-state index is 11.7. The summed E-state index contributed by atoms with van der Waals surface area (Å²) in [6.07, 6.45) is 2.10. The van der Waals surface area contributed by atoms with E-state index in [4.69, 9.17) is 5.73 Å². The molecule has 4 nitrogen and oxygen atoms in total. The normalized spacial score (nSPS) is 12.3. The predicted octanol–water partition coefficient (Wildman–Crippen LogP) is 2.45. The van der Waals surface area contributed by atoms with Crippen LogP contribution in [-0.2, 0) is 4.79 Å². The lowest BCUT2D eigenvalue weighted by Crippen LogP contribution is -2.34. The highest BCUT2D eigenvalue weighted by molar-refractivity contribution is 7.18. The predicted molar refractivity (Wildman–Crippen MR) is 75.8 cm³/mol. The summed E-state index contributed by atoms with van der Waals surface area (Å²) >= 11 is 1.60. The lowest BCUT2D eigenvalue weighted by atomic mass is 10.2. The van der Waals surface area contributed by atoms with Crippen molar-refractivity contribution in [2.45, 2.75) is 19.4 Å². The molecule has 2 rings (SSSR count). The number of thiazole rings is 1. The number of amides is 1. The van der Waals surface area contributed by atoms with Gasteiger partial charge in [-0.1, -0.05) is 6.08 Å². The molecule has 0 aliphatic heterocycles. The quantitative estimate of drug-likeness (QED) is 0.831. The van der Waals surface area contributed by atoms with Crippen LogP contribution in [0.15, 0.2) is 30.9 Å². The van der Waals surface area contributed by atoms with Gasteiger partial charge in [-0.05, 0) is 31.5 Å². The van der Waals surface area contributed by atoms with Gasteiger partial charge in [-0.25, -0.2) is 4.98 Å². The van der Waals surface area contributed by atoms with Crippen molar-refractivity contribution in [1.29, 1.82) is 0 Å². The van der Waals surface area contributed by atoms with Crippen LogP contribution in [0.25, 0.3) is 10.2 Å². The number of benzene rings is 1. The van der Waals surface area contributed by atoms with Gasteiger partial charge in [0.25, 0.3) is 0 Å². The van der Waals surface area contributed by atoms with Crippen molar-refractivity contribution < 1.29 is 4.79 Å². The summed E-state index contributed by atoms with van der Waals surface area (Å²) in [6, 6.07) is 5.09. The Morgan fingerprint density at radius 1 is 1.67 bits per heavy atom. The third-order valence-electron chi connectivity index (χ3n) is 2.52. The summed E-state index contributed by atoms with van der Waals surface area (Å²) in [5.41, 5.74) is 7.40. The zero-order valence-corrected chi connectivity index (χ0v) is 11.0.